The lowest BCUT2D eigenvalue weighted by Crippen LogP contribution is -2.15. The van der Waals surface area contributed by atoms with Crippen molar-refractivity contribution in [3.05, 3.63) is 41.7 Å². The molecule has 0 saturated heterocycles. The third kappa shape index (κ3) is 4.24. The first kappa shape index (κ1) is 14.9. The lowest BCUT2D eigenvalue weighted by molar-refractivity contribution is 0.102. The molecule has 110 valence electrons. The zero-order chi connectivity index (χ0) is 15.1. The fraction of sp³-hybridized carbons (Fsp3) is 0.333. The maximum absolute atomic E-state index is 12.3. The van der Waals surface area contributed by atoms with E-state index in [0.717, 1.165) is 30.9 Å². The average molecular weight is 285 g/mol. The molecule has 2 N–H and O–H groups in total. The van der Waals surface area contributed by atoms with E-state index in [9.17, 15) is 4.79 Å². The summed E-state index contributed by atoms with van der Waals surface area (Å²) in [4.78, 5) is 16.7. The minimum absolute atomic E-state index is 0.216. The Morgan fingerprint density at radius 3 is 2.76 bits per heavy atom. The van der Waals surface area contributed by atoms with Crippen molar-refractivity contribution in [3.8, 4) is 0 Å². The monoisotopic (exact) mass is 285 g/mol. The standard InChI is InChI=1S/C15H19N5O/c1-3-7-16-14-10-11(9-12(4-2)18-14)15(21)19-13-6-5-8-17-20-13/h5-6,8-10H,3-4,7H2,1-2H3,(H,16,18)(H,19,20,21). The molecule has 0 aliphatic heterocycles. The number of anilines is 2. The predicted molar refractivity (Wildman–Crippen MR) is 82.4 cm³/mol. The lowest BCUT2D eigenvalue weighted by Gasteiger charge is -2.09. The molecule has 2 heterocycles. The Kier molecular flexibility index (Phi) is 5.20. The Bertz CT molecular complexity index is 600. The second-order valence-electron chi connectivity index (χ2n) is 4.58. The molecule has 0 unspecified atom stereocenters. The van der Waals surface area contributed by atoms with Crippen LogP contribution >= 0.6 is 0 Å². The fourth-order valence-electron chi connectivity index (χ4n) is 1.80. The summed E-state index contributed by atoms with van der Waals surface area (Å²) in [5.41, 5.74) is 1.44. The highest BCUT2D eigenvalue weighted by Crippen LogP contribution is 2.13. The van der Waals surface area contributed by atoms with Crippen molar-refractivity contribution in [1.82, 2.24) is 15.2 Å². The van der Waals surface area contributed by atoms with Gasteiger partial charge in [-0.05, 0) is 37.1 Å². The number of rotatable bonds is 6. The summed E-state index contributed by atoms with van der Waals surface area (Å²) in [6, 6.07) is 6.97. The Morgan fingerprint density at radius 2 is 2.10 bits per heavy atom. The molecule has 0 aliphatic carbocycles. The van der Waals surface area contributed by atoms with Crippen molar-refractivity contribution in [2.45, 2.75) is 26.7 Å². The van der Waals surface area contributed by atoms with Crippen LogP contribution in [0.15, 0.2) is 30.5 Å². The fourth-order valence-corrected chi connectivity index (χ4v) is 1.80. The Morgan fingerprint density at radius 1 is 1.24 bits per heavy atom. The molecule has 0 spiro atoms. The number of carbonyl (C=O) groups excluding carboxylic acids is 1. The zero-order valence-corrected chi connectivity index (χ0v) is 12.3. The van der Waals surface area contributed by atoms with Gasteiger partial charge in [0.2, 0.25) is 0 Å². The van der Waals surface area contributed by atoms with Gasteiger partial charge >= 0.3 is 0 Å². The Balaban J connectivity index is 2.19. The van der Waals surface area contributed by atoms with E-state index in [2.05, 4.69) is 32.7 Å². The molecule has 21 heavy (non-hydrogen) atoms. The molecule has 6 heteroatoms. The summed E-state index contributed by atoms with van der Waals surface area (Å²) in [5, 5.41) is 13.5. The van der Waals surface area contributed by atoms with Crippen molar-refractivity contribution >= 4 is 17.5 Å². The van der Waals surface area contributed by atoms with Gasteiger partial charge in [0.15, 0.2) is 5.82 Å². The van der Waals surface area contributed by atoms with E-state index in [-0.39, 0.29) is 5.91 Å². The highest BCUT2D eigenvalue weighted by atomic mass is 16.1. The maximum Gasteiger partial charge on any atom is 0.257 e. The van der Waals surface area contributed by atoms with Gasteiger partial charge in [0, 0.05) is 24.0 Å². The molecule has 2 aromatic rings. The molecule has 1 amide bonds. The van der Waals surface area contributed by atoms with E-state index in [0.29, 0.717) is 11.4 Å². The van der Waals surface area contributed by atoms with Crippen LogP contribution in [0.3, 0.4) is 0 Å². The van der Waals surface area contributed by atoms with Crippen molar-refractivity contribution < 1.29 is 4.79 Å². The van der Waals surface area contributed by atoms with Gasteiger partial charge in [0.05, 0.1) is 0 Å². The van der Waals surface area contributed by atoms with Crippen LogP contribution < -0.4 is 10.6 Å². The van der Waals surface area contributed by atoms with Crippen LogP contribution in [0.1, 0.15) is 36.3 Å². The molecule has 0 fully saturated rings. The van der Waals surface area contributed by atoms with Crippen molar-refractivity contribution in [2.75, 3.05) is 17.2 Å². The minimum Gasteiger partial charge on any atom is -0.370 e. The third-order valence-electron chi connectivity index (χ3n) is 2.87. The number of hydrogen-bond acceptors (Lipinski definition) is 5. The van der Waals surface area contributed by atoms with E-state index in [4.69, 9.17) is 0 Å². The van der Waals surface area contributed by atoms with Gasteiger partial charge in [-0.1, -0.05) is 13.8 Å². The topological polar surface area (TPSA) is 79.8 Å². The van der Waals surface area contributed by atoms with Gasteiger partial charge in [-0.3, -0.25) is 4.79 Å². The highest BCUT2D eigenvalue weighted by molar-refractivity contribution is 6.04. The predicted octanol–water partition coefficient (Wildman–Crippen LogP) is 2.51. The van der Waals surface area contributed by atoms with Gasteiger partial charge in [-0.25, -0.2) is 4.98 Å². The molecular formula is C15H19N5O. The van der Waals surface area contributed by atoms with Crippen LogP contribution in [0.2, 0.25) is 0 Å². The Labute approximate surface area is 124 Å². The van der Waals surface area contributed by atoms with E-state index < -0.39 is 0 Å². The molecule has 2 rings (SSSR count). The van der Waals surface area contributed by atoms with Crippen LogP contribution in [-0.4, -0.2) is 27.6 Å². The molecule has 2 aromatic heterocycles. The van der Waals surface area contributed by atoms with Gasteiger partial charge in [0.1, 0.15) is 5.82 Å². The summed E-state index contributed by atoms with van der Waals surface area (Å²) in [7, 11) is 0. The van der Waals surface area contributed by atoms with Crippen LogP contribution in [0.4, 0.5) is 11.6 Å². The average Bonchev–Trinajstić information content (AvgIpc) is 2.53. The summed E-state index contributed by atoms with van der Waals surface area (Å²) in [6.07, 6.45) is 3.33. The highest BCUT2D eigenvalue weighted by Gasteiger charge is 2.10. The molecular weight excluding hydrogens is 266 g/mol. The minimum atomic E-state index is -0.216. The first-order valence-electron chi connectivity index (χ1n) is 7.06. The van der Waals surface area contributed by atoms with E-state index >= 15 is 0 Å². The van der Waals surface area contributed by atoms with Crippen LogP contribution in [0, 0.1) is 0 Å². The number of nitrogens with one attached hydrogen (secondary N) is 2. The van der Waals surface area contributed by atoms with Crippen LogP contribution in [0.25, 0.3) is 0 Å². The lowest BCUT2D eigenvalue weighted by atomic mass is 10.2. The van der Waals surface area contributed by atoms with E-state index in [1.807, 2.05) is 6.92 Å². The van der Waals surface area contributed by atoms with E-state index in [1.165, 1.54) is 0 Å². The maximum atomic E-state index is 12.3. The summed E-state index contributed by atoms with van der Waals surface area (Å²) < 4.78 is 0. The Hall–Kier alpha value is -2.50. The zero-order valence-electron chi connectivity index (χ0n) is 12.3. The molecule has 0 radical (unpaired) electrons. The summed E-state index contributed by atoms with van der Waals surface area (Å²) in [6.45, 7) is 4.92. The molecule has 0 saturated carbocycles. The third-order valence-corrected chi connectivity index (χ3v) is 2.87. The number of aromatic nitrogens is 3. The van der Waals surface area contributed by atoms with Crippen LogP contribution in [0.5, 0.6) is 0 Å². The molecule has 6 nitrogen and oxygen atoms in total. The number of aryl methyl sites for hydroxylation is 1. The smallest absolute Gasteiger partial charge is 0.257 e. The quantitative estimate of drug-likeness (QED) is 0.852. The molecule has 0 aromatic carbocycles. The van der Waals surface area contributed by atoms with E-state index in [1.54, 1.807) is 30.5 Å². The second kappa shape index (κ2) is 7.33. The first-order chi connectivity index (χ1) is 10.2. The van der Waals surface area contributed by atoms with Crippen molar-refractivity contribution in [3.63, 3.8) is 0 Å². The first-order valence-corrected chi connectivity index (χ1v) is 7.06. The normalized spacial score (nSPS) is 10.2. The molecule has 0 bridgehead atoms. The number of carbonyl (C=O) groups is 1. The van der Waals surface area contributed by atoms with Gasteiger partial charge in [-0.15, -0.1) is 5.10 Å². The molecule has 0 aliphatic rings. The number of hydrogen-bond donors (Lipinski definition) is 2. The summed E-state index contributed by atoms with van der Waals surface area (Å²) >= 11 is 0. The van der Waals surface area contributed by atoms with Crippen molar-refractivity contribution in [2.24, 2.45) is 0 Å². The van der Waals surface area contributed by atoms with Crippen LogP contribution in [-0.2, 0) is 6.42 Å². The SMILES string of the molecule is CCCNc1cc(C(=O)Nc2cccnn2)cc(CC)n1. The van der Waals surface area contributed by atoms with Gasteiger partial charge in [0.25, 0.3) is 5.91 Å². The van der Waals surface area contributed by atoms with Gasteiger partial charge < -0.3 is 10.6 Å². The van der Waals surface area contributed by atoms with Crippen molar-refractivity contribution in [1.29, 1.82) is 0 Å². The second-order valence-corrected chi connectivity index (χ2v) is 4.58. The molecule has 0 atom stereocenters. The number of nitrogens with zero attached hydrogens (tertiary/aromatic N) is 3. The number of pyridine rings is 1. The van der Waals surface area contributed by atoms with Gasteiger partial charge in [-0.2, -0.15) is 5.10 Å². The summed E-state index contributed by atoms with van der Waals surface area (Å²) in [5.74, 6) is 0.938. The largest absolute Gasteiger partial charge is 0.370 e. The number of amides is 1.